The minimum Gasteiger partial charge on any atom is -0.493 e. The number of ether oxygens (including phenoxy) is 1. The lowest BCUT2D eigenvalue weighted by Crippen LogP contribution is -2.50. The second-order valence-electron chi connectivity index (χ2n) is 11.1. The van der Waals surface area contributed by atoms with Crippen LogP contribution in [0.4, 0.5) is 10.3 Å². The van der Waals surface area contributed by atoms with E-state index in [4.69, 9.17) is 26.6 Å². The summed E-state index contributed by atoms with van der Waals surface area (Å²) in [6.07, 6.45) is 9.07. The molecule has 1 aromatic carbocycles. The zero-order valence-corrected chi connectivity index (χ0v) is 23.6. The molecule has 4 rings (SSSR count). The van der Waals surface area contributed by atoms with Gasteiger partial charge in [-0.1, -0.05) is 17.7 Å². The largest absolute Gasteiger partial charge is 0.493 e. The summed E-state index contributed by atoms with van der Waals surface area (Å²) in [4.78, 5) is 25.1. The van der Waals surface area contributed by atoms with E-state index in [1.807, 2.05) is 0 Å². The van der Waals surface area contributed by atoms with Gasteiger partial charge >= 0.3 is 0 Å². The number of aliphatic hydroxyl groups excluding tert-OH is 2. The number of benzene rings is 1. The van der Waals surface area contributed by atoms with Crippen molar-refractivity contribution in [1.29, 1.82) is 0 Å². The number of piperidine rings is 1. The Bertz CT molecular complexity index is 1090. The molecule has 2 fully saturated rings. The highest BCUT2D eigenvalue weighted by Gasteiger charge is 2.32. The lowest BCUT2D eigenvalue weighted by atomic mass is 9.90. The predicted octanol–water partition coefficient (Wildman–Crippen LogP) is 3.23. The van der Waals surface area contributed by atoms with E-state index in [-0.39, 0.29) is 12.3 Å². The van der Waals surface area contributed by atoms with Crippen molar-refractivity contribution in [3.63, 3.8) is 0 Å². The third-order valence-electron chi connectivity index (χ3n) is 8.05. The van der Waals surface area contributed by atoms with E-state index in [2.05, 4.69) is 14.9 Å². The van der Waals surface area contributed by atoms with Crippen molar-refractivity contribution < 1.29 is 29.2 Å². The molecule has 11 heteroatoms. The van der Waals surface area contributed by atoms with Gasteiger partial charge in [-0.3, -0.25) is 4.79 Å². The molecule has 2 aliphatic rings. The topological polar surface area (TPSA) is 119 Å². The van der Waals surface area contributed by atoms with E-state index < -0.39 is 24.6 Å². The molecule has 220 valence electrons. The SMILES string of the molecule is O=C(Cc1ccc(OCCCC2CCN(c3ncc(Cl)cn3)CC2)cc1F)N1CC(CCCC(O)(CO)CO)C1. The first-order chi connectivity index (χ1) is 19.3. The first-order valence-electron chi connectivity index (χ1n) is 14.1. The molecule has 9 nitrogen and oxygen atoms in total. The van der Waals surface area contributed by atoms with E-state index in [1.54, 1.807) is 29.4 Å². The van der Waals surface area contributed by atoms with Crippen molar-refractivity contribution in [1.82, 2.24) is 14.9 Å². The van der Waals surface area contributed by atoms with Crippen LogP contribution in [0, 0.1) is 17.7 Å². The highest BCUT2D eigenvalue weighted by Crippen LogP contribution is 2.27. The monoisotopic (exact) mass is 578 g/mol. The summed E-state index contributed by atoms with van der Waals surface area (Å²) in [6, 6.07) is 4.70. The fraction of sp³-hybridized carbons (Fsp3) is 0.621. The average Bonchev–Trinajstić information content (AvgIpc) is 2.94. The smallest absolute Gasteiger partial charge is 0.227 e. The van der Waals surface area contributed by atoms with Crippen molar-refractivity contribution >= 4 is 23.5 Å². The van der Waals surface area contributed by atoms with Crippen LogP contribution in [0.15, 0.2) is 30.6 Å². The molecule has 3 heterocycles. The molecular formula is C29H40ClFN4O5. The minimum absolute atomic E-state index is 0.00731. The number of aliphatic hydroxyl groups is 3. The summed E-state index contributed by atoms with van der Waals surface area (Å²) < 4.78 is 20.5. The molecular weight excluding hydrogens is 539 g/mol. The van der Waals surface area contributed by atoms with Gasteiger partial charge in [-0.15, -0.1) is 0 Å². The van der Waals surface area contributed by atoms with Gasteiger partial charge < -0.3 is 29.9 Å². The van der Waals surface area contributed by atoms with Crippen LogP contribution >= 0.6 is 11.6 Å². The number of halogens is 2. The van der Waals surface area contributed by atoms with Crippen LogP contribution < -0.4 is 9.64 Å². The summed E-state index contributed by atoms with van der Waals surface area (Å²) in [6.45, 7) is 2.60. The van der Waals surface area contributed by atoms with Crippen LogP contribution in [0.2, 0.25) is 5.02 Å². The van der Waals surface area contributed by atoms with Crippen molar-refractivity contribution in [3.8, 4) is 5.75 Å². The molecule has 0 radical (unpaired) electrons. The molecule has 3 N–H and O–H groups in total. The third kappa shape index (κ3) is 8.49. The Hall–Kier alpha value is -2.53. The summed E-state index contributed by atoms with van der Waals surface area (Å²) >= 11 is 5.87. The maximum Gasteiger partial charge on any atom is 0.227 e. The number of amides is 1. The van der Waals surface area contributed by atoms with Crippen molar-refractivity contribution in [2.45, 2.75) is 57.0 Å². The van der Waals surface area contributed by atoms with Gasteiger partial charge in [-0.2, -0.15) is 0 Å². The predicted molar refractivity (Wildman–Crippen MR) is 150 cm³/mol. The van der Waals surface area contributed by atoms with Gasteiger partial charge in [0.1, 0.15) is 17.2 Å². The van der Waals surface area contributed by atoms with Crippen LogP contribution in [-0.4, -0.2) is 87.7 Å². The molecule has 0 aliphatic carbocycles. The van der Waals surface area contributed by atoms with Gasteiger partial charge in [0.05, 0.1) is 43.7 Å². The number of carbonyl (C=O) groups is 1. The van der Waals surface area contributed by atoms with Crippen LogP contribution in [-0.2, 0) is 11.2 Å². The molecule has 2 aliphatic heterocycles. The highest BCUT2D eigenvalue weighted by atomic mass is 35.5. The summed E-state index contributed by atoms with van der Waals surface area (Å²) in [5.74, 6) is 1.57. The Labute approximate surface area is 239 Å². The van der Waals surface area contributed by atoms with Gasteiger partial charge in [0.2, 0.25) is 11.9 Å². The zero-order valence-electron chi connectivity index (χ0n) is 22.9. The molecule has 0 unspecified atom stereocenters. The van der Waals surface area contributed by atoms with E-state index in [0.717, 1.165) is 51.1 Å². The van der Waals surface area contributed by atoms with Gasteiger partial charge in [0, 0.05) is 32.2 Å². The lowest BCUT2D eigenvalue weighted by Gasteiger charge is -2.40. The second-order valence-corrected chi connectivity index (χ2v) is 11.6. The standard InChI is InChI=1S/C29H40ClFN4O5/c30-24-15-32-28(33-16-24)34-10-7-21(8-11-34)4-2-12-40-25-6-5-23(26(31)14-25)13-27(38)35-17-22(18-35)3-1-9-29(39,19-36)20-37/h5-6,14-16,21-22,36-37,39H,1-4,7-13,17-20H2. The number of likely N-dealkylation sites (tertiary alicyclic amines) is 1. The Balaban J connectivity index is 1.10. The molecule has 0 bridgehead atoms. The van der Waals surface area contributed by atoms with Gasteiger partial charge in [-0.05, 0) is 68.4 Å². The number of hydrogen-bond acceptors (Lipinski definition) is 8. The normalized spacial score (nSPS) is 16.7. The first-order valence-corrected chi connectivity index (χ1v) is 14.5. The fourth-order valence-electron chi connectivity index (χ4n) is 5.37. The van der Waals surface area contributed by atoms with E-state index in [1.165, 1.54) is 6.07 Å². The molecule has 0 spiro atoms. The molecule has 2 saturated heterocycles. The Morgan fingerprint density at radius 2 is 1.75 bits per heavy atom. The Morgan fingerprint density at radius 1 is 1.07 bits per heavy atom. The number of aromatic nitrogens is 2. The summed E-state index contributed by atoms with van der Waals surface area (Å²) in [7, 11) is 0. The summed E-state index contributed by atoms with van der Waals surface area (Å²) in [5.41, 5.74) is -1.09. The third-order valence-corrected chi connectivity index (χ3v) is 8.24. The number of anilines is 1. The maximum absolute atomic E-state index is 14.7. The van der Waals surface area contributed by atoms with Crippen LogP contribution in [0.5, 0.6) is 5.75 Å². The van der Waals surface area contributed by atoms with Crippen molar-refractivity contribution in [2.24, 2.45) is 11.8 Å². The number of hydrogen-bond donors (Lipinski definition) is 3. The van der Waals surface area contributed by atoms with E-state index in [9.17, 15) is 14.3 Å². The first kappa shape index (κ1) is 30.4. The van der Waals surface area contributed by atoms with Crippen LogP contribution in [0.1, 0.15) is 50.5 Å². The summed E-state index contributed by atoms with van der Waals surface area (Å²) in [5, 5.41) is 28.8. The molecule has 0 saturated carbocycles. The quantitative estimate of drug-likeness (QED) is 0.292. The second kappa shape index (κ2) is 14.4. The van der Waals surface area contributed by atoms with Crippen molar-refractivity contribution in [3.05, 3.63) is 47.0 Å². The van der Waals surface area contributed by atoms with E-state index >= 15 is 0 Å². The maximum atomic E-state index is 14.7. The molecule has 1 amide bonds. The average molecular weight is 579 g/mol. The van der Waals surface area contributed by atoms with Crippen LogP contribution in [0.3, 0.4) is 0 Å². The van der Waals surface area contributed by atoms with E-state index in [0.29, 0.717) is 60.7 Å². The molecule has 0 atom stereocenters. The number of nitrogens with zero attached hydrogens (tertiary/aromatic N) is 4. The van der Waals surface area contributed by atoms with Crippen molar-refractivity contribution in [2.75, 3.05) is 50.9 Å². The Morgan fingerprint density at radius 3 is 2.40 bits per heavy atom. The lowest BCUT2D eigenvalue weighted by molar-refractivity contribution is -0.137. The molecule has 2 aromatic rings. The van der Waals surface area contributed by atoms with Gasteiger partial charge in [0.25, 0.3) is 0 Å². The Kier molecular flexibility index (Phi) is 10.9. The highest BCUT2D eigenvalue weighted by molar-refractivity contribution is 6.30. The fourth-order valence-corrected chi connectivity index (χ4v) is 5.47. The minimum atomic E-state index is -1.44. The molecule has 40 heavy (non-hydrogen) atoms. The zero-order chi connectivity index (χ0) is 28.5. The van der Waals surface area contributed by atoms with Gasteiger partial charge in [-0.25, -0.2) is 14.4 Å². The number of rotatable bonds is 14. The number of carbonyl (C=O) groups excluding carboxylic acids is 1. The van der Waals surface area contributed by atoms with Crippen LogP contribution in [0.25, 0.3) is 0 Å². The molecule has 1 aromatic heterocycles. The van der Waals surface area contributed by atoms with Gasteiger partial charge in [0.15, 0.2) is 0 Å².